The molecule has 0 spiro atoms. The monoisotopic (exact) mass is 272 g/mol. The van der Waals surface area contributed by atoms with Gasteiger partial charge in [0, 0.05) is 0 Å². The number of hydrogen-bond acceptors (Lipinski definition) is 0. The summed E-state index contributed by atoms with van der Waals surface area (Å²) in [5, 5.41) is 1.57. The Labute approximate surface area is 120 Å². The summed E-state index contributed by atoms with van der Waals surface area (Å²) < 4.78 is 0. The van der Waals surface area contributed by atoms with E-state index in [2.05, 4.69) is 76.3 Å². The average molecular weight is 273 g/mol. The molecule has 0 N–H and O–H groups in total. The van der Waals surface area contributed by atoms with Crippen LogP contribution in [0.5, 0.6) is 0 Å². The summed E-state index contributed by atoms with van der Waals surface area (Å²) in [6.07, 6.45) is 7.07. The summed E-state index contributed by atoms with van der Waals surface area (Å²) in [5.41, 5.74) is 3.05. The van der Waals surface area contributed by atoms with Crippen molar-refractivity contribution in [3.05, 3.63) is 53.6 Å². The maximum Gasteiger partial charge on any atom is 0.0845 e. The maximum absolute atomic E-state index is 2.48. The highest BCUT2D eigenvalue weighted by atomic mass is 28.3. The number of benzene rings is 1. The average Bonchev–Trinajstić information content (AvgIpc) is 2.38. The molecule has 1 heteroatoms. The van der Waals surface area contributed by atoms with Gasteiger partial charge in [0.25, 0.3) is 0 Å². The molecule has 104 valence electrons. The lowest BCUT2D eigenvalue weighted by atomic mass is 10.1. The molecule has 0 nitrogen and oxygen atoms in total. The highest BCUT2D eigenvalue weighted by Gasteiger charge is 2.23. The van der Waals surface area contributed by atoms with E-state index in [1.807, 2.05) is 0 Å². The summed E-state index contributed by atoms with van der Waals surface area (Å²) in [7, 11) is -1.33. The summed E-state index contributed by atoms with van der Waals surface area (Å²) in [4.78, 5) is 0. The molecular weight excluding hydrogens is 244 g/mol. The Kier molecular flexibility index (Phi) is 6.30. The molecule has 0 unspecified atom stereocenters. The molecule has 0 aliphatic heterocycles. The van der Waals surface area contributed by atoms with Gasteiger partial charge in [-0.3, -0.25) is 0 Å². The van der Waals surface area contributed by atoms with E-state index in [9.17, 15) is 0 Å². The maximum atomic E-state index is 2.48. The molecule has 0 saturated heterocycles. The summed E-state index contributed by atoms with van der Waals surface area (Å²) in [5.74, 6) is 0. The normalized spacial score (nSPS) is 12.4. The zero-order valence-electron chi connectivity index (χ0n) is 13.2. The first-order valence-corrected chi connectivity index (χ1v) is 10.5. The number of allylic oxidation sites excluding steroid dienone is 4. The molecule has 1 aromatic carbocycles. The van der Waals surface area contributed by atoms with Crippen molar-refractivity contribution in [3.8, 4) is 0 Å². The first-order valence-electron chi connectivity index (χ1n) is 7.28. The molecule has 0 radical (unpaired) electrons. The van der Waals surface area contributed by atoms with Gasteiger partial charge in [-0.15, -0.1) is 0 Å². The Balaban J connectivity index is 2.68. The number of rotatable bonds is 6. The Morgan fingerprint density at radius 2 is 1.74 bits per heavy atom. The van der Waals surface area contributed by atoms with Crippen molar-refractivity contribution in [1.29, 1.82) is 0 Å². The fraction of sp³-hybridized carbons (Fsp3) is 0.444. The smallest absolute Gasteiger partial charge is 0.0845 e. The van der Waals surface area contributed by atoms with Crippen LogP contribution in [0.25, 0.3) is 0 Å². The Morgan fingerprint density at radius 1 is 1.11 bits per heavy atom. The van der Waals surface area contributed by atoms with Crippen LogP contribution in [-0.2, 0) is 0 Å². The molecule has 0 bridgehead atoms. The molecule has 1 aromatic rings. The van der Waals surface area contributed by atoms with Gasteiger partial charge in [0.15, 0.2) is 0 Å². The first kappa shape index (κ1) is 16.0. The van der Waals surface area contributed by atoms with Crippen molar-refractivity contribution >= 4 is 13.3 Å². The molecule has 1 rings (SSSR count). The molecule has 19 heavy (non-hydrogen) atoms. The lowest BCUT2D eigenvalue weighted by Gasteiger charge is -2.24. The van der Waals surface area contributed by atoms with E-state index in [-0.39, 0.29) is 0 Å². The van der Waals surface area contributed by atoms with Crippen LogP contribution >= 0.6 is 0 Å². The van der Waals surface area contributed by atoms with Crippen LogP contribution in [0.1, 0.15) is 33.6 Å². The second kappa shape index (κ2) is 7.49. The molecule has 0 atom stereocenters. The molecule has 0 saturated carbocycles. The summed E-state index contributed by atoms with van der Waals surface area (Å²) in [6.45, 7) is 11.5. The molecule has 0 aliphatic rings. The van der Waals surface area contributed by atoms with Crippen molar-refractivity contribution in [3.63, 3.8) is 0 Å². The second-order valence-electron chi connectivity index (χ2n) is 6.19. The van der Waals surface area contributed by atoms with Crippen molar-refractivity contribution < 1.29 is 0 Å². The van der Waals surface area contributed by atoms with Crippen LogP contribution < -0.4 is 5.19 Å². The predicted molar refractivity (Wildman–Crippen MR) is 90.8 cm³/mol. The van der Waals surface area contributed by atoms with Crippen molar-refractivity contribution in [2.24, 2.45) is 0 Å². The number of hydrogen-bond donors (Lipinski definition) is 0. The van der Waals surface area contributed by atoms with Crippen LogP contribution in [-0.4, -0.2) is 8.07 Å². The third-order valence-corrected chi connectivity index (χ3v) is 6.88. The van der Waals surface area contributed by atoms with Gasteiger partial charge in [0.2, 0.25) is 0 Å². The SMILES string of the molecule is C/C=C(/CCC=C(C)C)C[Si](C)(C)c1ccccc1. The highest BCUT2D eigenvalue weighted by molar-refractivity contribution is 6.90. The fourth-order valence-corrected chi connectivity index (χ4v) is 5.26. The van der Waals surface area contributed by atoms with Gasteiger partial charge < -0.3 is 0 Å². The summed E-state index contributed by atoms with van der Waals surface area (Å²) in [6, 6.07) is 12.3. The molecule has 0 amide bonds. The van der Waals surface area contributed by atoms with Crippen LogP contribution in [0.15, 0.2) is 53.6 Å². The molecular formula is C18H28Si. The molecule has 0 fully saturated rings. The van der Waals surface area contributed by atoms with Crippen molar-refractivity contribution in [2.75, 3.05) is 0 Å². The van der Waals surface area contributed by atoms with E-state index in [4.69, 9.17) is 0 Å². The third-order valence-electron chi connectivity index (χ3n) is 3.65. The topological polar surface area (TPSA) is 0 Å². The highest BCUT2D eigenvalue weighted by Crippen LogP contribution is 2.21. The van der Waals surface area contributed by atoms with Crippen LogP contribution in [0.3, 0.4) is 0 Å². The van der Waals surface area contributed by atoms with E-state index >= 15 is 0 Å². The van der Waals surface area contributed by atoms with Gasteiger partial charge in [0.05, 0.1) is 8.07 Å². The Bertz CT molecular complexity index is 434. The standard InChI is InChI=1S/C18H28Si/c1-6-17(12-10-11-16(2)3)15-19(4,5)18-13-8-7-9-14-18/h6-9,11,13-14H,10,12,15H2,1-5H3/b17-6-. The van der Waals surface area contributed by atoms with Gasteiger partial charge in [-0.05, 0) is 39.7 Å². The Hall–Kier alpha value is -1.08. The quantitative estimate of drug-likeness (QED) is 0.487. The van der Waals surface area contributed by atoms with Gasteiger partial charge >= 0.3 is 0 Å². The first-order chi connectivity index (χ1) is 8.95. The van der Waals surface area contributed by atoms with Gasteiger partial charge in [-0.2, -0.15) is 0 Å². The van der Waals surface area contributed by atoms with E-state index in [0.717, 1.165) is 0 Å². The van der Waals surface area contributed by atoms with Crippen LogP contribution in [0.4, 0.5) is 0 Å². The molecule has 0 aliphatic carbocycles. The van der Waals surface area contributed by atoms with Crippen molar-refractivity contribution in [1.82, 2.24) is 0 Å². The molecule has 0 heterocycles. The second-order valence-corrected chi connectivity index (χ2v) is 10.9. The lowest BCUT2D eigenvalue weighted by molar-refractivity contribution is 0.956. The van der Waals surface area contributed by atoms with E-state index in [0.29, 0.717) is 0 Å². The van der Waals surface area contributed by atoms with Gasteiger partial charge in [-0.1, -0.05) is 71.9 Å². The van der Waals surface area contributed by atoms with Crippen LogP contribution in [0.2, 0.25) is 19.1 Å². The minimum atomic E-state index is -1.33. The zero-order chi connectivity index (χ0) is 14.3. The van der Waals surface area contributed by atoms with Crippen molar-refractivity contribution in [2.45, 2.75) is 52.8 Å². The van der Waals surface area contributed by atoms with E-state index in [1.54, 1.807) is 10.8 Å². The van der Waals surface area contributed by atoms with Gasteiger partial charge in [-0.25, -0.2) is 0 Å². The summed E-state index contributed by atoms with van der Waals surface area (Å²) >= 11 is 0. The Morgan fingerprint density at radius 3 is 2.26 bits per heavy atom. The lowest BCUT2D eigenvalue weighted by Crippen LogP contribution is -2.41. The largest absolute Gasteiger partial charge is 0.0887 e. The minimum absolute atomic E-state index is 1.18. The third kappa shape index (κ3) is 5.60. The molecule has 0 aromatic heterocycles. The fourth-order valence-electron chi connectivity index (χ4n) is 2.44. The minimum Gasteiger partial charge on any atom is -0.0887 e. The predicted octanol–water partition coefficient (Wildman–Crippen LogP) is 5.29. The zero-order valence-corrected chi connectivity index (χ0v) is 14.2. The van der Waals surface area contributed by atoms with Crippen LogP contribution in [0, 0.1) is 0 Å². The van der Waals surface area contributed by atoms with E-state index in [1.165, 1.54) is 24.5 Å². The van der Waals surface area contributed by atoms with E-state index < -0.39 is 8.07 Å². The van der Waals surface area contributed by atoms with Gasteiger partial charge in [0.1, 0.15) is 0 Å².